The fraction of sp³-hybridized carbons (Fsp3) is 0.0500. The van der Waals surface area contributed by atoms with E-state index in [1.54, 1.807) is 30.3 Å². The Morgan fingerprint density at radius 1 is 1.08 bits per heavy atom. The van der Waals surface area contributed by atoms with Crippen LogP contribution < -0.4 is 5.32 Å². The lowest BCUT2D eigenvalue weighted by molar-refractivity contribution is 0.102. The Kier molecular flexibility index (Phi) is 4.15. The first-order valence-electron chi connectivity index (χ1n) is 8.07. The highest BCUT2D eigenvalue weighted by atomic mass is 19.1. The fourth-order valence-electron chi connectivity index (χ4n) is 2.65. The van der Waals surface area contributed by atoms with E-state index in [0.29, 0.717) is 23.0 Å². The van der Waals surface area contributed by atoms with Crippen LogP contribution in [0.3, 0.4) is 0 Å². The smallest absolute Gasteiger partial charge is 0.258 e. The summed E-state index contributed by atoms with van der Waals surface area (Å²) in [6, 6.07) is 12.8. The molecule has 0 radical (unpaired) electrons. The summed E-state index contributed by atoms with van der Waals surface area (Å²) in [7, 11) is 0. The summed E-state index contributed by atoms with van der Waals surface area (Å²) in [4.78, 5) is 12.2. The van der Waals surface area contributed by atoms with E-state index in [1.165, 1.54) is 18.2 Å². The van der Waals surface area contributed by atoms with Crippen LogP contribution in [0.4, 0.5) is 10.1 Å². The standard InChI is InChI=1S/C20H14FN3O2/c21-17-11-4-3-10-16(17)18(25)22-15-9-5-8-14(12-15)20-24-23-19(26-20)13-6-1-2-7-13/h1,3-12H,2H2,(H,22,25). The average molecular weight is 347 g/mol. The van der Waals surface area contributed by atoms with Gasteiger partial charge in [0.1, 0.15) is 5.82 Å². The molecule has 1 N–H and O–H groups in total. The summed E-state index contributed by atoms with van der Waals surface area (Å²) in [5.41, 5.74) is 2.05. The minimum atomic E-state index is -0.569. The highest BCUT2D eigenvalue weighted by Crippen LogP contribution is 2.26. The largest absolute Gasteiger partial charge is 0.416 e. The number of hydrogen-bond acceptors (Lipinski definition) is 4. The van der Waals surface area contributed by atoms with E-state index in [1.807, 2.05) is 18.2 Å². The number of carbonyl (C=O) groups is 1. The van der Waals surface area contributed by atoms with Crippen molar-refractivity contribution in [2.45, 2.75) is 6.42 Å². The molecule has 0 spiro atoms. The van der Waals surface area contributed by atoms with Crippen molar-refractivity contribution in [2.75, 3.05) is 5.32 Å². The second kappa shape index (κ2) is 6.76. The van der Waals surface area contributed by atoms with E-state index in [2.05, 4.69) is 15.5 Å². The first-order chi connectivity index (χ1) is 12.7. The van der Waals surface area contributed by atoms with Crippen LogP contribution in [0.15, 0.2) is 71.2 Å². The molecule has 0 aliphatic heterocycles. The van der Waals surface area contributed by atoms with E-state index in [-0.39, 0.29) is 5.56 Å². The van der Waals surface area contributed by atoms with Crippen molar-refractivity contribution < 1.29 is 13.6 Å². The minimum absolute atomic E-state index is 0.0158. The number of allylic oxidation sites excluding steroid dienone is 4. The Labute approximate surface area is 148 Å². The molecule has 0 fully saturated rings. The molecule has 2 aromatic carbocycles. The molecule has 4 rings (SSSR count). The number of aromatic nitrogens is 2. The molecule has 1 amide bonds. The molecule has 0 saturated heterocycles. The van der Waals surface area contributed by atoms with E-state index >= 15 is 0 Å². The molecule has 6 heteroatoms. The van der Waals surface area contributed by atoms with Crippen LogP contribution >= 0.6 is 0 Å². The molecule has 0 atom stereocenters. The van der Waals surface area contributed by atoms with Gasteiger partial charge in [-0.05, 0) is 36.8 Å². The van der Waals surface area contributed by atoms with Crippen molar-refractivity contribution in [1.29, 1.82) is 0 Å². The first-order valence-corrected chi connectivity index (χ1v) is 8.07. The number of amides is 1. The van der Waals surface area contributed by atoms with Gasteiger partial charge in [0.15, 0.2) is 0 Å². The number of halogens is 1. The maximum absolute atomic E-state index is 13.7. The van der Waals surface area contributed by atoms with Crippen molar-refractivity contribution in [3.8, 4) is 11.5 Å². The highest BCUT2D eigenvalue weighted by molar-refractivity contribution is 6.04. The lowest BCUT2D eigenvalue weighted by atomic mass is 10.1. The molecular weight excluding hydrogens is 333 g/mol. The highest BCUT2D eigenvalue weighted by Gasteiger charge is 2.14. The molecule has 26 heavy (non-hydrogen) atoms. The molecule has 0 saturated carbocycles. The van der Waals surface area contributed by atoms with E-state index < -0.39 is 11.7 Å². The third kappa shape index (κ3) is 3.17. The zero-order valence-corrected chi connectivity index (χ0v) is 13.6. The maximum atomic E-state index is 13.7. The summed E-state index contributed by atoms with van der Waals surface area (Å²) in [5.74, 6) is -0.286. The lowest BCUT2D eigenvalue weighted by Crippen LogP contribution is -2.13. The number of carbonyl (C=O) groups excluding carboxylic acids is 1. The van der Waals surface area contributed by atoms with Gasteiger partial charge in [0.25, 0.3) is 5.91 Å². The Morgan fingerprint density at radius 3 is 2.73 bits per heavy atom. The van der Waals surface area contributed by atoms with Crippen LogP contribution in [0.2, 0.25) is 0 Å². The molecule has 0 bridgehead atoms. The van der Waals surface area contributed by atoms with Crippen LogP contribution in [0, 0.1) is 5.82 Å². The Balaban J connectivity index is 1.56. The number of rotatable bonds is 4. The third-order valence-electron chi connectivity index (χ3n) is 3.93. The normalized spacial score (nSPS) is 12.9. The predicted octanol–water partition coefficient (Wildman–Crippen LogP) is 4.47. The SMILES string of the molecule is O=C(Nc1cccc(-c2nnc(C3=CCC=C3)o2)c1)c1ccccc1F. The van der Waals surface area contributed by atoms with Crippen LogP contribution in [0.5, 0.6) is 0 Å². The van der Waals surface area contributed by atoms with E-state index in [9.17, 15) is 9.18 Å². The Bertz CT molecular complexity index is 1040. The van der Waals surface area contributed by atoms with Gasteiger partial charge in [-0.2, -0.15) is 0 Å². The topological polar surface area (TPSA) is 68.0 Å². The summed E-state index contributed by atoms with van der Waals surface area (Å²) in [5, 5.41) is 10.8. The minimum Gasteiger partial charge on any atom is -0.416 e. The Hall–Kier alpha value is -3.54. The zero-order chi connectivity index (χ0) is 17.9. The van der Waals surface area contributed by atoms with Crippen LogP contribution in [-0.2, 0) is 0 Å². The molecule has 5 nitrogen and oxygen atoms in total. The van der Waals surface area contributed by atoms with Gasteiger partial charge in [-0.25, -0.2) is 4.39 Å². The number of nitrogens with zero attached hydrogens (tertiary/aromatic N) is 2. The number of nitrogens with one attached hydrogen (secondary N) is 1. The molecular formula is C20H14FN3O2. The summed E-state index contributed by atoms with van der Waals surface area (Å²) in [6.07, 6.45) is 6.80. The van der Waals surface area contributed by atoms with Gasteiger partial charge >= 0.3 is 0 Å². The lowest BCUT2D eigenvalue weighted by Gasteiger charge is -2.07. The van der Waals surface area contributed by atoms with Gasteiger partial charge in [-0.1, -0.05) is 36.4 Å². The molecule has 1 aliphatic carbocycles. The Morgan fingerprint density at radius 2 is 1.92 bits per heavy atom. The van der Waals surface area contributed by atoms with Crippen molar-refractivity contribution in [3.63, 3.8) is 0 Å². The fourth-order valence-corrected chi connectivity index (χ4v) is 2.65. The van der Waals surface area contributed by atoms with Crippen molar-refractivity contribution in [2.24, 2.45) is 0 Å². The number of benzene rings is 2. The van der Waals surface area contributed by atoms with Gasteiger partial charge in [-0.15, -0.1) is 10.2 Å². The quantitative estimate of drug-likeness (QED) is 0.756. The van der Waals surface area contributed by atoms with Gasteiger partial charge in [0.05, 0.1) is 5.56 Å². The maximum Gasteiger partial charge on any atom is 0.258 e. The van der Waals surface area contributed by atoms with Crippen molar-refractivity contribution in [3.05, 3.63) is 84.0 Å². The van der Waals surface area contributed by atoms with E-state index in [4.69, 9.17) is 4.42 Å². The molecule has 1 heterocycles. The molecule has 128 valence electrons. The number of hydrogen-bond donors (Lipinski definition) is 1. The van der Waals surface area contributed by atoms with Gasteiger partial charge < -0.3 is 9.73 Å². The average Bonchev–Trinajstić information content (AvgIpc) is 3.34. The molecule has 3 aromatic rings. The van der Waals surface area contributed by atoms with Crippen molar-refractivity contribution in [1.82, 2.24) is 10.2 Å². The van der Waals surface area contributed by atoms with Gasteiger partial charge in [0, 0.05) is 16.8 Å². The van der Waals surface area contributed by atoms with E-state index in [0.717, 1.165) is 12.0 Å². The third-order valence-corrected chi connectivity index (χ3v) is 3.93. The van der Waals surface area contributed by atoms with Gasteiger partial charge in [-0.3, -0.25) is 4.79 Å². The summed E-state index contributed by atoms with van der Waals surface area (Å²) >= 11 is 0. The molecule has 1 aromatic heterocycles. The second-order valence-electron chi connectivity index (χ2n) is 5.72. The van der Waals surface area contributed by atoms with Gasteiger partial charge in [0.2, 0.25) is 11.8 Å². The van der Waals surface area contributed by atoms with Crippen LogP contribution in [-0.4, -0.2) is 16.1 Å². The number of anilines is 1. The summed E-state index contributed by atoms with van der Waals surface area (Å²) < 4.78 is 19.4. The van der Waals surface area contributed by atoms with Crippen molar-refractivity contribution >= 4 is 17.2 Å². The molecule has 0 unspecified atom stereocenters. The van der Waals surface area contributed by atoms with Crippen LogP contribution in [0.25, 0.3) is 17.0 Å². The monoisotopic (exact) mass is 347 g/mol. The molecule has 1 aliphatic rings. The second-order valence-corrected chi connectivity index (χ2v) is 5.72. The predicted molar refractivity (Wildman–Crippen MR) is 95.8 cm³/mol. The zero-order valence-electron chi connectivity index (χ0n) is 13.6. The van der Waals surface area contributed by atoms with Crippen LogP contribution in [0.1, 0.15) is 22.7 Å². The summed E-state index contributed by atoms with van der Waals surface area (Å²) in [6.45, 7) is 0. The first kappa shape index (κ1) is 16.0.